The summed E-state index contributed by atoms with van der Waals surface area (Å²) in [7, 11) is 0. The summed E-state index contributed by atoms with van der Waals surface area (Å²) in [5.74, 6) is 3.13. The van der Waals surface area contributed by atoms with Gasteiger partial charge in [0.15, 0.2) is 5.84 Å². The van der Waals surface area contributed by atoms with Crippen molar-refractivity contribution < 1.29 is 9.26 Å². The second-order valence-corrected chi connectivity index (χ2v) is 11.6. The SMILES string of the molecule is CC(C)c1nc(-c2ccc3c(n2)CCCN3C2=NCc3nc(N4CCC5(CC4)CO[C@@H](C)[C@H]5N)cnc32)no1. The molecule has 0 aliphatic carbocycles. The Bertz CT molecular complexity index is 1430. The summed E-state index contributed by atoms with van der Waals surface area (Å²) in [5, 5.41) is 4.14. The smallest absolute Gasteiger partial charge is 0.229 e. The van der Waals surface area contributed by atoms with Gasteiger partial charge in [0.1, 0.15) is 17.2 Å². The summed E-state index contributed by atoms with van der Waals surface area (Å²) >= 11 is 0. The number of pyridine rings is 1. The number of rotatable bonds is 3. The van der Waals surface area contributed by atoms with Crippen molar-refractivity contribution >= 4 is 17.3 Å². The topological polar surface area (TPSA) is 132 Å². The van der Waals surface area contributed by atoms with Crippen molar-refractivity contribution in [2.75, 3.05) is 36.0 Å². The Balaban J connectivity index is 1.09. The van der Waals surface area contributed by atoms with Gasteiger partial charge in [0.2, 0.25) is 11.7 Å². The molecular weight excluding hydrogens is 494 g/mol. The number of nitrogens with zero attached hydrogens (tertiary/aromatic N) is 8. The van der Waals surface area contributed by atoms with Gasteiger partial charge in [-0.2, -0.15) is 4.98 Å². The van der Waals surface area contributed by atoms with Gasteiger partial charge in [-0.25, -0.2) is 15.0 Å². The Kier molecular flexibility index (Phi) is 5.89. The molecule has 4 aliphatic heterocycles. The average molecular weight is 530 g/mol. The van der Waals surface area contributed by atoms with E-state index in [-0.39, 0.29) is 23.5 Å². The van der Waals surface area contributed by atoms with Crippen molar-refractivity contribution in [3.63, 3.8) is 0 Å². The standard InChI is InChI=1S/C28H35N9O2/c1-16(2)27-34-25(35-39-27)19-6-7-21-18(32-19)5-4-10-37(21)26-23-20(13-31-26)33-22(14-30-23)36-11-8-28(9-12-36)15-38-17(3)24(28)29/h6-7,14,16-17,24H,4-5,8-13,15,29H2,1-3H3/t17-,24+/m0/s1. The van der Waals surface area contributed by atoms with Gasteiger partial charge in [0, 0.05) is 37.0 Å². The number of fused-ring (bicyclic) bond motifs is 2. The fourth-order valence-corrected chi connectivity index (χ4v) is 6.33. The second-order valence-electron chi connectivity index (χ2n) is 11.6. The van der Waals surface area contributed by atoms with Crippen molar-refractivity contribution in [2.45, 2.75) is 71.1 Å². The molecule has 2 N–H and O–H groups in total. The maximum absolute atomic E-state index is 6.51. The van der Waals surface area contributed by atoms with Crippen molar-refractivity contribution in [2.24, 2.45) is 16.1 Å². The van der Waals surface area contributed by atoms with Gasteiger partial charge >= 0.3 is 0 Å². The van der Waals surface area contributed by atoms with Crippen molar-refractivity contribution in [3.05, 3.63) is 41.3 Å². The van der Waals surface area contributed by atoms with Crippen LogP contribution in [0.15, 0.2) is 27.8 Å². The summed E-state index contributed by atoms with van der Waals surface area (Å²) < 4.78 is 11.3. The molecule has 2 fully saturated rings. The third-order valence-corrected chi connectivity index (χ3v) is 8.81. The molecule has 2 saturated heterocycles. The van der Waals surface area contributed by atoms with Gasteiger partial charge in [-0.3, -0.25) is 4.99 Å². The van der Waals surface area contributed by atoms with E-state index in [0.29, 0.717) is 18.3 Å². The first-order chi connectivity index (χ1) is 18.9. The third-order valence-electron chi connectivity index (χ3n) is 8.81. The highest BCUT2D eigenvalue weighted by atomic mass is 16.5. The zero-order valence-electron chi connectivity index (χ0n) is 22.8. The molecule has 0 unspecified atom stereocenters. The summed E-state index contributed by atoms with van der Waals surface area (Å²) in [5.41, 5.74) is 11.2. The largest absolute Gasteiger partial charge is 0.376 e. The fraction of sp³-hybridized carbons (Fsp3) is 0.571. The Morgan fingerprint density at radius 2 is 1.92 bits per heavy atom. The van der Waals surface area contributed by atoms with Crippen molar-refractivity contribution in [3.8, 4) is 11.5 Å². The summed E-state index contributed by atoms with van der Waals surface area (Å²) in [6.45, 7) is 10.1. The number of amidine groups is 1. The summed E-state index contributed by atoms with van der Waals surface area (Å²) in [6, 6.07) is 4.15. The normalized spacial score (nSPS) is 23.9. The van der Waals surface area contributed by atoms with E-state index in [4.69, 9.17) is 34.9 Å². The maximum Gasteiger partial charge on any atom is 0.229 e. The number of hydrogen-bond donors (Lipinski definition) is 1. The first-order valence-electron chi connectivity index (χ1n) is 14.1. The highest BCUT2D eigenvalue weighted by Gasteiger charge is 2.47. The molecule has 1 spiro atoms. The Morgan fingerprint density at radius 3 is 2.67 bits per heavy atom. The van der Waals surface area contributed by atoms with Gasteiger partial charge in [-0.1, -0.05) is 19.0 Å². The molecule has 11 nitrogen and oxygen atoms in total. The van der Waals surface area contributed by atoms with Crippen molar-refractivity contribution in [1.82, 2.24) is 25.1 Å². The molecule has 0 aromatic carbocycles. The van der Waals surface area contributed by atoms with E-state index in [1.54, 1.807) is 0 Å². The van der Waals surface area contributed by atoms with Crippen LogP contribution in [0.2, 0.25) is 0 Å². The van der Waals surface area contributed by atoms with Gasteiger partial charge in [0.05, 0.1) is 42.5 Å². The van der Waals surface area contributed by atoms with Crippen LogP contribution in [0.25, 0.3) is 11.5 Å². The number of piperidine rings is 1. The maximum atomic E-state index is 6.51. The lowest BCUT2D eigenvalue weighted by atomic mass is 9.73. The molecule has 11 heteroatoms. The van der Waals surface area contributed by atoms with Crippen LogP contribution in [0.4, 0.5) is 11.5 Å². The number of ether oxygens (including phenoxy) is 1. The minimum absolute atomic E-state index is 0.0896. The lowest BCUT2D eigenvalue weighted by Crippen LogP contribution is -2.50. The van der Waals surface area contributed by atoms with E-state index < -0.39 is 0 Å². The monoisotopic (exact) mass is 529 g/mol. The van der Waals surface area contributed by atoms with Crippen LogP contribution < -0.4 is 15.5 Å². The molecule has 0 amide bonds. The quantitative estimate of drug-likeness (QED) is 0.540. The summed E-state index contributed by atoms with van der Waals surface area (Å²) in [4.78, 5) is 28.8. The molecule has 3 aromatic heterocycles. The molecule has 3 aromatic rings. The van der Waals surface area contributed by atoms with E-state index in [0.717, 1.165) is 92.0 Å². The van der Waals surface area contributed by atoms with Crippen LogP contribution in [-0.4, -0.2) is 69.3 Å². The number of anilines is 2. The predicted octanol–water partition coefficient (Wildman–Crippen LogP) is 3.09. The molecule has 0 bridgehead atoms. The number of hydrogen-bond acceptors (Lipinski definition) is 11. The molecule has 0 saturated carbocycles. The molecular formula is C28H35N9O2. The number of aryl methyl sites for hydroxylation is 1. The summed E-state index contributed by atoms with van der Waals surface area (Å²) in [6.07, 6.45) is 5.93. The van der Waals surface area contributed by atoms with E-state index >= 15 is 0 Å². The zero-order chi connectivity index (χ0) is 26.7. The first kappa shape index (κ1) is 24.6. The van der Waals surface area contributed by atoms with E-state index in [2.05, 4.69) is 32.9 Å². The van der Waals surface area contributed by atoms with Crippen LogP contribution in [0.1, 0.15) is 68.9 Å². The number of nitrogens with two attached hydrogens (primary N) is 1. The minimum atomic E-state index is 0.0896. The van der Waals surface area contributed by atoms with Crippen LogP contribution in [0.5, 0.6) is 0 Å². The van der Waals surface area contributed by atoms with Crippen LogP contribution >= 0.6 is 0 Å². The second kappa shape index (κ2) is 9.34. The van der Waals surface area contributed by atoms with Gasteiger partial charge in [-0.05, 0) is 44.7 Å². The number of aromatic nitrogens is 5. The third kappa shape index (κ3) is 4.10. The molecule has 4 aliphatic rings. The Labute approximate surface area is 227 Å². The Hall–Kier alpha value is -3.44. The highest BCUT2D eigenvalue weighted by Crippen LogP contribution is 2.42. The fourth-order valence-electron chi connectivity index (χ4n) is 6.33. The van der Waals surface area contributed by atoms with Crippen LogP contribution in [0, 0.1) is 5.41 Å². The lowest BCUT2D eigenvalue weighted by molar-refractivity contribution is 0.0974. The number of aliphatic imine (C=N–C) groups is 1. The van der Waals surface area contributed by atoms with Gasteiger partial charge in [0.25, 0.3) is 0 Å². The van der Waals surface area contributed by atoms with E-state index in [1.807, 2.05) is 26.1 Å². The molecule has 2 atom stereocenters. The zero-order valence-corrected chi connectivity index (χ0v) is 22.8. The molecule has 204 valence electrons. The van der Waals surface area contributed by atoms with Gasteiger partial charge in [-0.15, -0.1) is 0 Å². The first-order valence-corrected chi connectivity index (χ1v) is 14.1. The Morgan fingerprint density at radius 1 is 1.08 bits per heavy atom. The van der Waals surface area contributed by atoms with E-state index in [1.165, 1.54) is 0 Å². The molecule has 0 radical (unpaired) electrons. The molecule has 39 heavy (non-hydrogen) atoms. The molecule has 7 rings (SSSR count). The van der Waals surface area contributed by atoms with Gasteiger partial charge < -0.3 is 24.8 Å². The predicted molar refractivity (Wildman–Crippen MR) is 147 cm³/mol. The van der Waals surface area contributed by atoms with Crippen LogP contribution in [0.3, 0.4) is 0 Å². The molecule has 7 heterocycles. The lowest BCUT2D eigenvalue weighted by Gasteiger charge is -2.41. The van der Waals surface area contributed by atoms with E-state index in [9.17, 15) is 0 Å². The average Bonchev–Trinajstić information content (AvgIpc) is 3.68. The van der Waals surface area contributed by atoms with Crippen molar-refractivity contribution in [1.29, 1.82) is 0 Å². The van der Waals surface area contributed by atoms with Crippen LogP contribution in [-0.2, 0) is 17.7 Å². The highest BCUT2D eigenvalue weighted by molar-refractivity contribution is 6.11. The minimum Gasteiger partial charge on any atom is -0.376 e.